The SMILES string of the molecule is [2H]C1=C(C(=O)OCC)C([2H])(S(=O)(=O)Nc2ccc(F)cc2Cl)CCC1([2H])[2H]. The molecule has 0 fully saturated rings. The number of esters is 1. The molecule has 0 radical (unpaired) electrons. The van der Waals surface area contributed by atoms with E-state index in [9.17, 15) is 17.6 Å². The van der Waals surface area contributed by atoms with Crippen LogP contribution in [0.15, 0.2) is 29.8 Å². The van der Waals surface area contributed by atoms with Crippen LogP contribution >= 0.6 is 11.6 Å². The Balaban J connectivity index is 2.57. The molecule has 126 valence electrons. The number of benzene rings is 1. The quantitative estimate of drug-likeness (QED) is 0.813. The van der Waals surface area contributed by atoms with Crippen molar-refractivity contribution in [2.45, 2.75) is 31.4 Å². The van der Waals surface area contributed by atoms with E-state index in [1.54, 1.807) is 0 Å². The third-order valence-electron chi connectivity index (χ3n) is 2.95. The average molecular weight is 366 g/mol. The van der Waals surface area contributed by atoms with E-state index >= 15 is 0 Å². The van der Waals surface area contributed by atoms with E-state index in [4.69, 9.17) is 21.8 Å². The Morgan fingerprint density at radius 3 is 3.04 bits per heavy atom. The zero-order chi connectivity index (χ0) is 20.6. The van der Waals surface area contributed by atoms with Crippen LogP contribution < -0.4 is 4.72 Å². The molecule has 23 heavy (non-hydrogen) atoms. The second-order valence-corrected chi connectivity index (χ2v) is 6.66. The zero-order valence-electron chi connectivity index (χ0n) is 16.2. The molecule has 0 aromatic heterocycles. The predicted octanol–water partition coefficient (Wildman–Crippen LogP) is 3.26. The van der Waals surface area contributed by atoms with Crippen LogP contribution in [-0.4, -0.2) is 26.2 Å². The number of rotatable bonds is 5. The van der Waals surface area contributed by atoms with Gasteiger partial charge in [-0.3, -0.25) is 4.72 Å². The minimum atomic E-state index is -4.70. The fourth-order valence-electron chi connectivity index (χ4n) is 1.94. The van der Waals surface area contributed by atoms with Gasteiger partial charge in [0.2, 0.25) is 10.0 Å². The van der Waals surface area contributed by atoms with Gasteiger partial charge in [0.15, 0.2) is 0 Å². The van der Waals surface area contributed by atoms with Crippen molar-refractivity contribution in [3.63, 3.8) is 0 Å². The summed E-state index contributed by atoms with van der Waals surface area (Å²) in [6, 6.07) is 1.96. The second-order valence-electron chi connectivity index (χ2n) is 4.55. The van der Waals surface area contributed by atoms with Crippen LogP contribution in [0.3, 0.4) is 0 Å². The largest absolute Gasteiger partial charge is 0.463 e. The third kappa shape index (κ3) is 4.23. The normalized spacial score (nSPS) is 26.6. The molecule has 1 unspecified atom stereocenters. The van der Waals surface area contributed by atoms with E-state index in [0.717, 1.165) is 18.2 Å². The Kier molecular flexibility index (Phi) is 4.06. The summed E-state index contributed by atoms with van der Waals surface area (Å²) in [5.74, 6) is -1.95. The third-order valence-corrected chi connectivity index (χ3v) is 4.81. The van der Waals surface area contributed by atoms with Crippen molar-refractivity contribution in [3.8, 4) is 0 Å². The lowest BCUT2D eigenvalue weighted by atomic mass is 9.99. The van der Waals surface area contributed by atoms with Crippen LogP contribution in [0.25, 0.3) is 0 Å². The molecule has 0 amide bonds. The number of halogens is 2. The fraction of sp³-hybridized carbons (Fsp3) is 0.400. The summed E-state index contributed by atoms with van der Waals surface area (Å²) in [7, 11) is -4.70. The molecule has 0 aliphatic heterocycles. The van der Waals surface area contributed by atoms with Gasteiger partial charge in [0.25, 0.3) is 0 Å². The minimum Gasteiger partial charge on any atom is -0.463 e. The van der Waals surface area contributed by atoms with Gasteiger partial charge in [0.1, 0.15) is 11.0 Å². The summed E-state index contributed by atoms with van der Waals surface area (Å²) in [6.45, 7) is 1.31. The van der Waals surface area contributed by atoms with Crippen molar-refractivity contribution in [2.24, 2.45) is 0 Å². The molecule has 8 heteroatoms. The van der Waals surface area contributed by atoms with Crippen LogP contribution in [-0.2, 0) is 19.6 Å². The summed E-state index contributed by atoms with van der Waals surface area (Å²) in [6.07, 6.45) is -3.34. The standard InChI is InChI=1S/C15H17ClFNO4S/c1-2-22-15(19)11-5-3-4-6-14(11)23(20,21)18-13-8-7-10(17)9-12(13)16/h5,7-9,14,18H,2-4,6H2,1H3/i3D2,5D,14D. The summed E-state index contributed by atoms with van der Waals surface area (Å²) < 4.78 is 77.7. The highest BCUT2D eigenvalue weighted by atomic mass is 35.5. The number of hydrogen-bond acceptors (Lipinski definition) is 4. The first-order valence-corrected chi connectivity index (χ1v) is 8.58. The number of hydrogen-bond donors (Lipinski definition) is 1. The van der Waals surface area contributed by atoms with Crippen molar-refractivity contribution in [2.75, 3.05) is 11.3 Å². The molecular weight excluding hydrogens is 345 g/mol. The molecule has 0 bridgehead atoms. The van der Waals surface area contributed by atoms with Gasteiger partial charge >= 0.3 is 5.97 Å². The summed E-state index contributed by atoms with van der Waals surface area (Å²) in [4.78, 5) is 12.3. The van der Waals surface area contributed by atoms with Gasteiger partial charge in [-0.05, 0) is 44.3 Å². The molecule has 0 saturated carbocycles. The molecule has 0 spiro atoms. The Bertz CT molecular complexity index is 909. The molecule has 1 atom stereocenters. The number of nitrogens with one attached hydrogen (secondary N) is 1. The Morgan fingerprint density at radius 1 is 1.65 bits per heavy atom. The van der Waals surface area contributed by atoms with Crippen molar-refractivity contribution in [1.82, 2.24) is 0 Å². The molecule has 0 saturated heterocycles. The maximum atomic E-state index is 13.2. The predicted molar refractivity (Wildman–Crippen MR) is 86.3 cm³/mol. The number of allylic oxidation sites excluding steroid dienone is 1. The van der Waals surface area contributed by atoms with Gasteiger partial charge in [0, 0.05) is 2.74 Å². The smallest absolute Gasteiger partial charge is 0.335 e. The van der Waals surface area contributed by atoms with Crippen molar-refractivity contribution in [3.05, 3.63) is 40.7 Å². The van der Waals surface area contributed by atoms with Gasteiger partial charge < -0.3 is 4.74 Å². The molecule has 0 heterocycles. The van der Waals surface area contributed by atoms with Crippen LogP contribution in [0.5, 0.6) is 0 Å². The maximum Gasteiger partial charge on any atom is 0.335 e. The highest BCUT2D eigenvalue weighted by Gasteiger charge is 2.35. The van der Waals surface area contributed by atoms with Crippen molar-refractivity contribution < 1.29 is 27.8 Å². The number of ether oxygens (including phenoxy) is 1. The van der Waals surface area contributed by atoms with Crippen LogP contribution in [0.4, 0.5) is 10.1 Å². The lowest BCUT2D eigenvalue weighted by molar-refractivity contribution is -0.138. The van der Waals surface area contributed by atoms with E-state index in [1.807, 2.05) is 4.72 Å². The molecule has 1 aliphatic carbocycles. The lowest BCUT2D eigenvalue weighted by Gasteiger charge is -2.24. The van der Waals surface area contributed by atoms with E-state index < -0.39 is 57.9 Å². The Morgan fingerprint density at radius 2 is 2.39 bits per heavy atom. The van der Waals surface area contributed by atoms with Crippen LogP contribution in [0, 0.1) is 5.82 Å². The zero-order valence-corrected chi connectivity index (χ0v) is 13.7. The van der Waals surface area contributed by atoms with E-state index in [0.29, 0.717) is 0 Å². The lowest BCUT2D eigenvalue weighted by Crippen LogP contribution is -2.34. The fourth-order valence-corrected chi connectivity index (χ4v) is 3.57. The molecule has 5 nitrogen and oxygen atoms in total. The highest BCUT2D eigenvalue weighted by Crippen LogP contribution is 2.30. The molecule has 2 rings (SSSR count). The topological polar surface area (TPSA) is 72.5 Å². The first-order chi connectivity index (χ1) is 12.4. The van der Waals surface area contributed by atoms with Crippen molar-refractivity contribution in [1.29, 1.82) is 0 Å². The molecular formula is C15H17ClFNO4S. The summed E-state index contributed by atoms with van der Waals surface area (Å²) in [5.41, 5.74) is -1.11. The number of carbonyl (C=O) groups excluding carboxylic acids is 1. The summed E-state index contributed by atoms with van der Waals surface area (Å²) in [5, 5.41) is -2.94. The monoisotopic (exact) mass is 365 g/mol. The van der Waals surface area contributed by atoms with E-state index in [1.165, 1.54) is 6.92 Å². The van der Waals surface area contributed by atoms with E-state index in [-0.39, 0.29) is 17.3 Å². The summed E-state index contributed by atoms with van der Waals surface area (Å²) >= 11 is 5.81. The first kappa shape index (κ1) is 12.8. The second kappa shape index (κ2) is 7.31. The Hall–Kier alpha value is -1.60. The molecule has 1 aromatic rings. The molecule has 1 aromatic carbocycles. The highest BCUT2D eigenvalue weighted by molar-refractivity contribution is 7.93. The first-order valence-electron chi connectivity index (χ1n) is 8.72. The van der Waals surface area contributed by atoms with Crippen LogP contribution in [0.1, 0.15) is 31.6 Å². The van der Waals surface area contributed by atoms with Gasteiger partial charge in [-0.15, -0.1) is 0 Å². The minimum absolute atomic E-state index is 0.147. The van der Waals surface area contributed by atoms with Gasteiger partial charge in [0.05, 0.1) is 25.6 Å². The molecule has 1 aliphatic rings. The molecule has 1 N–H and O–H groups in total. The average Bonchev–Trinajstić information content (AvgIpc) is 2.55. The van der Waals surface area contributed by atoms with Crippen LogP contribution in [0.2, 0.25) is 5.02 Å². The Labute approximate surface area is 145 Å². The van der Waals surface area contributed by atoms with Gasteiger partial charge in [-0.2, -0.15) is 0 Å². The van der Waals surface area contributed by atoms with E-state index in [2.05, 4.69) is 0 Å². The number of carbonyl (C=O) groups is 1. The number of anilines is 1. The van der Waals surface area contributed by atoms with Gasteiger partial charge in [-0.25, -0.2) is 17.6 Å². The van der Waals surface area contributed by atoms with Crippen molar-refractivity contribution >= 4 is 33.3 Å². The van der Waals surface area contributed by atoms with Gasteiger partial charge in [-0.1, -0.05) is 17.7 Å². The maximum absolute atomic E-state index is 13.2. The number of sulfonamides is 1.